The molecule has 0 saturated heterocycles. The Morgan fingerprint density at radius 1 is 1.20 bits per heavy atom. The normalized spacial score (nSPS) is 14.2. The number of nitrogens with two attached hydrogens (primary N) is 1. The van der Waals surface area contributed by atoms with Crippen molar-refractivity contribution in [2.24, 2.45) is 5.84 Å². The van der Waals surface area contributed by atoms with Crippen LogP contribution in [0.25, 0.3) is 0 Å². The number of halogens is 1. The summed E-state index contributed by atoms with van der Waals surface area (Å²) in [7, 11) is 0. The van der Waals surface area contributed by atoms with E-state index in [0.717, 1.165) is 40.2 Å². The summed E-state index contributed by atoms with van der Waals surface area (Å²) in [6.07, 6.45) is 2.31. The number of nitrogens with one attached hydrogen (secondary N) is 2. The zero-order valence-corrected chi connectivity index (χ0v) is 12.7. The van der Waals surface area contributed by atoms with Crippen LogP contribution in [0, 0.1) is 6.92 Å². The quantitative estimate of drug-likeness (QED) is 0.590. The highest BCUT2D eigenvalue weighted by atomic mass is 79.9. The second-order valence-electron chi connectivity index (χ2n) is 4.93. The van der Waals surface area contributed by atoms with Gasteiger partial charge in [-0.3, -0.25) is 0 Å². The number of hydrogen-bond donors (Lipinski definition) is 3. The first kappa shape index (κ1) is 13.3. The molecule has 0 aliphatic heterocycles. The smallest absolute Gasteiger partial charge is 0.148 e. The topological polar surface area (TPSA) is 75.9 Å². The lowest BCUT2D eigenvalue weighted by molar-refractivity contribution is 0.920. The van der Waals surface area contributed by atoms with E-state index in [1.807, 2.05) is 31.2 Å². The number of rotatable bonds is 4. The van der Waals surface area contributed by atoms with Crippen molar-refractivity contribution in [3.8, 4) is 0 Å². The van der Waals surface area contributed by atoms with Gasteiger partial charge in [0.15, 0.2) is 0 Å². The minimum atomic E-state index is 0.475. The van der Waals surface area contributed by atoms with Crippen molar-refractivity contribution in [2.75, 3.05) is 10.7 Å². The monoisotopic (exact) mass is 333 g/mol. The lowest BCUT2D eigenvalue weighted by Gasteiger charge is -2.14. The van der Waals surface area contributed by atoms with Gasteiger partial charge in [-0.15, -0.1) is 0 Å². The van der Waals surface area contributed by atoms with Gasteiger partial charge in [0.25, 0.3) is 0 Å². The Hall–Kier alpha value is -1.66. The molecular formula is C14H16BrN5. The maximum Gasteiger partial charge on any atom is 0.148 e. The minimum absolute atomic E-state index is 0.475. The van der Waals surface area contributed by atoms with Gasteiger partial charge >= 0.3 is 0 Å². The van der Waals surface area contributed by atoms with Crippen LogP contribution in [0.1, 0.15) is 30.1 Å². The van der Waals surface area contributed by atoms with Gasteiger partial charge in [0.1, 0.15) is 17.5 Å². The molecule has 0 radical (unpaired) electrons. The van der Waals surface area contributed by atoms with Crippen molar-refractivity contribution in [2.45, 2.75) is 25.7 Å². The molecule has 2 aromatic rings. The molecule has 1 aromatic heterocycles. The highest BCUT2D eigenvalue weighted by Crippen LogP contribution is 2.40. The molecule has 4 N–H and O–H groups in total. The number of aromatic nitrogens is 2. The summed E-state index contributed by atoms with van der Waals surface area (Å²) in [5.74, 6) is 8.36. The summed E-state index contributed by atoms with van der Waals surface area (Å²) >= 11 is 3.53. The number of benzene rings is 1. The maximum atomic E-state index is 5.55. The molecule has 6 heteroatoms. The lowest BCUT2D eigenvalue weighted by Crippen LogP contribution is -2.14. The fraction of sp³-hybridized carbons (Fsp3) is 0.286. The van der Waals surface area contributed by atoms with Gasteiger partial charge in [-0.2, -0.15) is 0 Å². The van der Waals surface area contributed by atoms with Crippen molar-refractivity contribution >= 4 is 33.3 Å². The molecule has 1 fully saturated rings. The molecule has 5 nitrogen and oxygen atoms in total. The van der Waals surface area contributed by atoms with E-state index in [4.69, 9.17) is 5.84 Å². The third-order valence-corrected chi connectivity index (χ3v) is 4.06. The number of nitrogens with zero attached hydrogens (tertiary/aromatic N) is 2. The molecule has 0 bridgehead atoms. The number of hydrogen-bond acceptors (Lipinski definition) is 5. The third-order valence-electron chi connectivity index (χ3n) is 3.37. The molecule has 0 atom stereocenters. The van der Waals surface area contributed by atoms with Crippen LogP contribution in [0.2, 0.25) is 0 Å². The highest BCUT2D eigenvalue weighted by molar-refractivity contribution is 9.10. The van der Waals surface area contributed by atoms with Crippen LogP contribution in [-0.2, 0) is 0 Å². The Bertz CT molecular complexity index is 639. The first-order valence-electron chi connectivity index (χ1n) is 6.55. The largest absolute Gasteiger partial charge is 0.339 e. The van der Waals surface area contributed by atoms with Crippen LogP contribution < -0.4 is 16.6 Å². The molecule has 0 spiro atoms. The summed E-state index contributed by atoms with van der Waals surface area (Å²) in [4.78, 5) is 9.12. The molecular weight excluding hydrogens is 318 g/mol. The number of anilines is 3. The van der Waals surface area contributed by atoms with E-state index >= 15 is 0 Å². The van der Waals surface area contributed by atoms with Crippen LogP contribution in [0.3, 0.4) is 0 Å². The molecule has 1 aromatic carbocycles. The van der Waals surface area contributed by atoms with Crippen molar-refractivity contribution in [1.82, 2.24) is 9.97 Å². The lowest BCUT2D eigenvalue weighted by atomic mass is 10.2. The fourth-order valence-corrected chi connectivity index (χ4v) is 2.39. The van der Waals surface area contributed by atoms with E-state index in [1.165, 1.54) is 0 Å². The molecule has 1 aliphatic carbocycles. The van der Waals surface area contributed by atoms with E-state index < -0.39 is 0 Å². The standard InChI is InChI=1S/C14H16BrN5/c1-8-12(17-11-5-3-2-4-10(11)15)18-14(9-6-7-9)19-13(8)20-16/h2-5,9H,6-7,16H2,1H3,(H2,17,18,19,20). The molecule has 0 unspecified atom stereocenters. The number of para-hydroxylation sites is 1. The van der Waals surface area contributed by atoms with Crippen LogP contribution in [0.5, 0.6) is 0 Å². The SMILES string of the molecule is Cc1c(NN)nc(C2CC2)nc1Nc1ccccc1Br. The second-order valence-corrected chi connectivity index (χ2v) is 5.78. The molecule has 1 aliphatic rings. The van der Waals surface area contributed by atoms with E-state index in [9.17, 15) is 0 Å². The molecule has 0 amide bonds. The van der Waals surface area contributed by atoms with Crippen LogP contribution in [-0.4, -0.2) is 9.97 Å². The Morgan fingerprint density at radius 3 is 2.55 bits per heavy atom. The van der Waals surface area contributed by atoms with Gasteiger partial charge in [-0.1, -0.05) is 12.1 Å². The van der Waals surface area contributed by atoms with Crippen LogP contribution >= 0.6 is 15.9 Å². The first-order valence-corrected chi connectivity index (χ1v) is 7.35. The van der Waals surface area contributed by atoms with Gasteiger partial charge in [-0.05, 0) is 47.8 Å². The van der Waals surface area contributed by atoms with E-state index in [2.05, 4.69) is 36.6 Å². The Morgan fingerprint density at radius 2 is 1.90 bits per heavy atom. The van der Waals surface area contributed by atoms with E-state index in [-0.39, 0.29) is 0 Å². The Kier molecular flexibility index (Phi) is 3.58. The van der Waals surface area contributed by atoms with Gasteiger partial charge in [0.2, 0.25) is 0 Å². The number of hydrazine groups is 1. The zero-order valence-electron chi connectivity index (χ0n) is 11.2. The molecule has 104 valence electrons. The average Bonchev–Trinajstić information content (AvgIpc) is 3.28. The van der Waals surface area contributed by atoms with Crippen molar-refractivity contribution in [1.29, 1.82) is 0 Å². The van der Waals surface area contributed by atoms with Crippen molar-refractivity contribution in [3.05, 3.63) is 40.1 Å². The van der Waals surface area contributed by atoms with E-state index in [1.54, 1.807) is 0 Å². The minimum Gasteiger partial charge on any atom is -0.339 e. The predicted octanol–water partition coefficient (Wildman–Crippen LogP) is 3.45. The van der Waals surface area contributed by atoms with Gasteiger partial charge in [0, 0.05) is 16.0 Å². The maximum absolute atomic E-state index is 5.55. The van der Waals surface area contributed by atoms with Gasteiger partial charge < -0.3 is 10.7 Å². The highest BCUT2D eigenvalue weighted by Gasteiger charge is 2.28. The summed E-state index contributed by atoms with van der Waals surface area (Å²) < 4.78 is 0.994. The summed E-state index contributed by atoms with van der Waals surface area (Å²) in [6.45, 7) is 1.95. The zero-order chi connectivity index (χ0) is 14.1. The van der Waals surface area contributed by atoms with Crippen LogP contribution in [0.15, 0.2) is 28.7 Å². The third kappa shape index (κ3) is 2.62. The summed E-state index contributed by atoms with van der Waals surface area (Å²) in [5, 5.41) is 3.34. The molecule has 20 heavy (non-hydrogen) atoms. The van der Waals surface area contributed by atoms with Gasteiger partial charge in [-0.25, -0.2) is 15.8 Å². The molecule has 1 saturated carbocycles. The van der Waals surface area contributed by atoms with E-state index in [0.29, 0.717) is 11.7 Å². The average molecular weight is 334 g/mol. The molecule has 1 heterocycles. The Labute approximate surface area is 126 Å². The van der Waals surface area contributed by atoms with Gasteiger partial charge in [0.05, 0.1) is 5.69 Å². The summed E-state index contributed by atoms with van der Waals surface area (Å²) in [6, 6.07) is 7.94. The van der Waals surface area contributed by atoms with Crippen molar-refractivity contribution < 1.29 is 0 Å². The van der Waals surface area contributed by atoms with Crippen molar-refractivity contribution in [3.63, 3.8) is 0 Å². The predicted molar refractivity (Wildman–Crippen MR) is 84.0 cm³/mol. The Balaban J connectivity index is 1.99. The molecule has 3 rings (SSSR count). The number of nitrogen functional groups attached to an aromatic ring is 1. The first-order chi connectivity index (χ1) is 9.69. The summed E-state index contributed by atoms with van der Waals surface area (Å²) in [5.41, 5.74) is 4.54. The fourth-order valence-electron chi connectivity index (χ4n) is 2.01. The van der Waals surface area contributed by atoms with Crippen LogP contribution in [0.4, 0.5) is 17.3 Å². The second kappa shape index (κ2) is 5.38.